The molecule has 1 heterocycles. The lowest BCUT2D eigenvalue weighted by atomic mass is 9.92. The van der Waals surface area contributed by atoms with Crippen LogP contribution < -0.4 is 5.32 Å². The zero-order valence-corrected chi connectivity index (χ0v) is 23.5. The first-order valence-corrected chi connectivity index (χ1v) is 13.5. The van der Waals surface area contributed by atoms with Crippen molar-refractivity contribution < 1.29 is 9.59 Å². The minimum atomic E-state index is -0.326. The van der Waals surface area contributed by atoms with Crippen molar-refractivity contribution in [1.29, 1.82) is 0 Å². The minimum Gasteiger partial charge on any atom is -0.329 e. The Bertz CT molecular complexity index is 1400. The van der Waals surface area contributed by atoms with Gasteiger partial charge in [-0.05, 0) is 36.1 Å². The molecule has 6 nitrogen and oxygen atoms in total. The van der Waals surface area contributed by atoms with Crippen molar-refractivity contribution in [2.24, 2.45) is 0 Å². The van der Waals surface area contributed by atoms with Crippen LogP contribution in [0.4, 0.5) is 5.82 Å². The zero-order chi connectivity index (χ0) is 28.0. The third-order valence-electron chi connectivity index (χ3n) is 6.86. The second-order valence-electron chi connectivity index (χ2n) is 11.0. The van der Waals surface area contributed by atoms with Crippen molar-refractivity contribution in [2.45, 2.75) is 58.9 Å². The van der Waals surface area contributed by atoms with Gasteiger partial charge in [-0.3, -0.25) is 9.59 Å². The van der Waals surface area contributed by atoms with Crippen LogP contribution in [0, 0.1) is 6.92 Å². The summed E-state index contributed by atoms with van der Waals surface area (Å²) >= 11 is 0. The monoisotopic (exact) mass is 522 g/mol. The number of rotatable bonds is 9. The van der Waals surface area contributed by atoms with Crippen molar-refractivity contribution >= 4 is 17.6 Å². The quantitative estimate of drug-likeness (QED) is 0.268. The molecule has 1 atom stereocenters. The number of anilines is 1. The first-order valence-electron chi connectivity index (χ1n) is 13.5. The van der Waals surface area contributed by atoms with Crippen molar-refractivity contribution in [3.8, 4) is 5.69 Å². The highest BCUT2D eigenvalue weighted by Crippen LogP contribution is 2.28. The molecule has 4 aromatic rings. The second kappa shape index (κ2) is 12.1. The van der Waals surface area contributed by atoms with Gasteiger partial charge in [0, 0.05) is 18.0 Å². The van der Waals surface area contributed by atoms with E-state index in [2.05, 4.69) is 26.1 Å². The number of aryl methyl sites for hydroxylation is 1. The van der Waals surface area contributed by atoms with Gasteiger partial charge >= 0.3 is 0 Å². The summed E-state index contributed by atoms with van der Waals surface area (Å²) in [4.78, 5) is 29.1. The van der Waals surface area contributed by atoms with Gasteiger partial charge in [-0.15, -0.1) is 0 Å². The highest BCUT2D eigenvalue weighted by Gasteiger charge is 2.27. The summed E-state index contributed by atoms with van der Waals surface area (Å²) < 4.78 is 1.79. The van der Waals surface area contributed by atoms with E-state index in [9.17, 15) is 9.59 Å². The number of carbonyl (C=O) groups excluding carboxylic acids is 2. The summed E-state index contributed by atoms with van der Waals surface area (Å²) in [5, 5.41) is 7.91. The van der Waals surface area contributed by atoms with E-state index >= 15 is 0 Å². The van der Waals surface area contributed by atoms with Crippen LogP contribution in [0.5, 0.6) is 0 Å². The average Bonchev–Trinajstić information content (AvgIpc) is 3.34. The fourth-order valence-electron chi connectivity index (χ4n) is 4.65. The van der Waals surface area contributed by atoms with Gasteiger partial charge < -0.3 is 10.2 Å². The number of nitrogens with one attached hydrogen (secondary N) is 1. The second-order valence-corrected chi connectivity index (χ2v) is 11.0. The predicted molar refractivity (Wildman–Crippen MR) is 157 cm³/mol. The highest BCUT2D eigenvalue weighted by atomic mass is 16.2. The lowest BCUT2D eigenvalue weighted by Crippen LogP contribution is -2.40. The molecule has 2 amide bonds. The van der Waals surface area contributed by atoms with E-state index in [1.165, 1.54) is 0 Å². The smallest absolute Gasteiger partial charge is 0.245 e. The molecular formula is C33H38N4O2. The molecule has 3 aromatic carbocycles. The van der Waals surface area contributed by atoms with Gasteiger partial charge in [0.05, 0.1) is 17.3 Å². The molecule has 39 heavy (non-hydrogen) atoms. The van der Waals surface area contributed by atoms with Crippen molar-refractivity contribution in [2.75, 3.05) is 11.9 Å². The summed E-state index contributed by atoms with van der Waals surface area (Å²) in [5.41, 5.74) is 4.54. The standard InChI is InChI=1S/C33H38N4O2/c1-6-27(26-18-11-8-12-19-26)32(39)36(22-25-16-9-7-10-17-25)23-31(38)34-30-21-29(33(3,4)5)35-37(30)28-20-14-13-15-24(28)2/h7-21,27H,6,22-23H2,1-5H3,(H,34,38). The molecule has 6 heteroatoms. The van der Waals surface area contributed by atoms with Gasteiger partial charge in [0.15, 0.2) is 0 Å². The highest BCUT2D eigenvalue weighted by molar-refractivity contribution is 5.95. The summed E-state index contributed by atoms with van der Waals surface area (Å²) in [7, 11) is 0. The largest absolute Gasteiger partial charge is 0.329 e. The maximum atomic E-state index is 13.9. The summed E-state index contributed by atoms with van der Waals surface area (Å²) in [6.45, 7) is 10.6. The zero-order valence-electron chi connectivity index (χ0n) is 23.5. The maximum absolute atomic E-state index is 13.9. The summed E-state index contributed by atoms with van der Waals surface area (Å²) in [6.07, 6.45) is 0.644. The van der Waals surface area contributed by atoms with E-state index in [0.29, 0.717) is 18.8 Å². The molecule has 202 valence electrons. The molecule has 0 fully saturated rings. The Labute approximate surface area is 231 Å². The van der Waals surface area contributed by atoms with Crippen LogP contribution in [-0.2, 0) is 21.5 Å². The van der Waals surface area contributed by atoms with E-state index in [-0.39, 0.29) is 29.7 Å². The summed E-state index contributed by atoms with van der Waals surface area (Å²) in [6, 6.07) is 29.4. The molecule has 0 saturated carbocycles. The number of benzene rings is 3. The van der Waals surface area contributed by atoms with Gasteiger partial charge in [0.2, 0.25) is 11.8 Å². The Balaban J connectivity index is 1.63. The average molecular weight is 523 g/mol. The van der Waals surface area contributed by atoms with Crippen molar-refractivity contribution in [1.82, 2.24) is 14.7 Å². The van der Waals surface area contributed by atoms with E-state index in [4.69, 9.17) is 5.10 Å². The Kier molecular flexibility index (Phi) is 8.65. The predicted octanol–water partition coefficient (Wildman–Crippen LogP) is 6.64. The van der Waals surface area contributed by atoms with Crippen LogP contribution in [0.15, 0.2) is 91.0 Å². The van der Waals surface area contributed by atoms with Crippen LogP contribution in [0.2, 0.25) is 0 Å². The van der Waals surface area contributed by atoms with Gasteiger partial charge in [0.25, 0.3) is 0 Å². The molecule has 1 unspecified atom stereocenters. The Morgan fingerprint density at radius 1 is 0.923 bits per heavy atom. The first kappa shape index (κ1) is 27.8. The Morgan fingerprint density at radius 3 is 2.15 bits per heavy atom. The number of amides is 2. The molecule has 0 bridgehead atoms. The van der Waals surface area contributed by atoms with E-state index < -0.39 is 0 Å². The third-order valence-corrected chi connectivity index (χ3v) is 6.86. The topological polar surface area (TPSA) is 67.2 Å². The fraction of sp³-hybridized carbons (Fsp3) is 0.303. The number of para-hydroxylation sites is 1. The maximum Gasteiger partial charge on any atom is 0.245 e. The molecular weight excluding hydrogens is 484 g/mol. The number of carbonyl (C=O) groups is 2. The first-order chi connectivity index (χ1) is 18.7. The number of aromatic nitrogens is 2. The van der Waals surface area contributed by atoms with E-state index in [1.807, 2.05) is 105 Å². The van der Waals surface area contributed by atoms with Gasteiger partial charge in [-0.2, -0.15) is 5.10 Å². The Morgan fingerprint density at radius 2 is 1.54 bits per heavy atom. The van der Waals surface area contributed by atoms with Crippen molar-refractivity contribution in [3.63, 3.8) is 0 Å². The number of nitrogens with zero attached hydrogens (tertiary/aromatic N) is 3. The molecule has 0 aliphatic carbocycles. The molecule has 1 aromatic heterocycles. The van der Waals surface area contributed by atoms with Gasteiger partial charge in [-0.25, -0.2) is 4.68 Å². The molecule has 0 aliphatic rings. The van der Waals surface area contributed by atoms with Crippen LogP contribution >= 0.6 is 0 Å². The lowest BCUT2D eigenvalue weighted by molar-refractivity contribution is -0.136. The molecule has 0 saturated heterocycles. The van der Waals surface area contributed by atoms with Gasteiger partial charge in [0.1, 0.15) is 12.4 Å². The number of hydrogen-bond acceptors (Lipinski definition) is 3. The minimum absolute atomic E-state index is 0.0644. The fourth-order valence-corrected chi connectivity index (χ4v) is 4.65. The van der Waals surface area contributed by atoms with E-state index in [0.717, 1.165) is 28.1 Å². The number of hydrogen-bond donors (Lipinski definition) is 1. The normalized spacial score (nSPS) is 12.1. The van der Waals surface area contributed by atoms with Crippen LogP contribution in [0.25, 0.3) is 5.69 Å². The molecule has 0 radical (unpaired) electrons. The van der Waals surface area contributed by atoms with Crippen LogP contribution in [0.1, 0.15) is 62.4 Å². The molecule has 0 aliphatic heterocycles. The molecule has 0 spiro atoms. The van der Waals surface area contributed by atoms with Crippen LogP contribution in [0.3, 0.4) is 0 Å². The third kappa shape index (κ3) is 6.82. The molecule has 1 N–H and O–H groups in total. The Hall–Kier alpha value is -4.19. The SMILES string of the molecule is CCC(C(=O)N(CC(=O)Nc1cc(C(C)(C)C)nn1-c1ccccc1C)Cc1ccccc1)c1ccccc1. The summed E-state index contributed by atoms with van der Waals surface area (Å²) in [5.74, 6) is -0.0722. The molecule has 4 rings (SSSR count). The lowest BCUT2D eigenvalue weighted by Gasteiger charge is -2.27. The van der Waals surface area contributed by atoms with Gasteiger partial charge in [-0.1, -0.05) is 107 Å². The van der Waals surface area contributed by atoms with Crippen molar-refractivity contribution in [3.05, 3.63) is 113 Å². The van der Waals surface area contributed by atoms with E-state index in [1.54, 1.807) is 9.58 Å². The van der Waals surface area contributed by atoms with Crippen LogP contribution in [-0.4, -0.2) is 33.0 Å².